The fourth-order valence-electron chi connectivity index (χ4n) is 3.01. The van der Waals surface area contributed by atoms with Crippen molar-refractivity contribution in [1.82, 2.24) is 19.7 Å². The van der Waals surface area contributed by atoms with E-state index in [2.05, 4.69) is 30.5 Å². The van der Waals surface area contributed by atoms with Gasteiger partial charge in [-0.3, -0.25) is 9.78 Å². The molecule has 0 aromatic carbocycles. The molecule has 0 unspecified atom stereocenters. The van der Waals surface area contributed by atoms with Gasteiger partial charge in [0.25, 0.3) is 0 Å². The Labute approximate surface area is 130 Å². The van der Waals surface area contributed by atoms with Gasteiger partial charge in [0, 0.05) is 36.7 Å². The Kier molecular flexibility index (Phi) is 3.56. The van der Waals surface area contributed by atoms with Crippen LogP contribution in [0.3, 0.4) is 0 Å². The Balaban J connectivity index is 2.04. The quantitative estimate of drug-likeness (QED) is 0.799. The van der Waals surface area contributed by atoms with E-state index in [0.717, 1.165) is 23.4 Å². The third kappa shape index (κ3) is 2.66. The van der Waals surface area contributed by atoms with Crippen LogP contribution in [0.25, 0.3) is 5.69 Å². The molecule has 0 bridgehead atoms. The van der Waals surface area contributed by atoms with Gasteiger partial charge in [-0.1, -0.05) is 20.4 Å². The highest BCUT2D eigenvalue weighted by Crippen LogP contribution is 2.31. The summed E-state index contributed by atoms with van der Waals surface area (Å²) in [7, 11) is 0. The van der Waals surface area contributed by atoms with Gasteiger partial charge in [-0.2, -0.15) is 5.10 Å². The number of pyridine rings is 1. The van der Waals surface area contributed by atoms with Gasteiger partial charge in [-0.15, -0.1) is 0 Å². The molecule has 22 heavy (non-hydrogen) atoms. The minimum Gasteiger partial charge on any atom is -0.334 e. The fraction of sp³-hybridized carbons (Fsp3) is 0.353. The molecule has 2 aromatic rings. The zero-order valence-electron chi connectivity index (χ0n) is 13.0. The van der Waals surface area contributed by atoms with E-state index >= 15 is 0 Å². The highest BCUT2D eigenvalue weighted by atomic mass is 16.2. The molecule has 0 fully saturated rings. The average Bonchev–Trinajstić information content (AvgIpc) is 2.82. The number of hydrogen-bond acceptors (Lipinski definition) is 3. The second-order valence-corrected chi connectivity index (χ2v) is 6.47. The molecule has 0 aliphatic carbocycles. The SMILES string of the molecule is C=CC(=O)N1Cc2cnn(-c3ccncc3)c2CC(C)(C)C1. The Morgan fingerprint density at radius 1 is 1.36 bits per heavy atom. The van der Waals surface area contributed by atoms with Gasteiger partial charge in [0.1, 0.15) is 0 Å². The topological polar surface area (TPSA) is 51.0 Å². The Morgan fingerprint density at radius 3 is 2.77 bits per heavy atom. The zero-order valence-corrected chi connectivity index (χ0v) is 13.0. The van der Waals surface area contributed by atoms with Crippen LogP contribution in [-0.2, 0) is 17.8 Å². The summed E-state index contributed by atoms with van der Waals surface area (Å²) in [6.07, 6.45) is 7.64. The van der Waals surface area contributed by atoms with Crippen molar-refractivity contribution in [3.8, 4) is 5.69 Å². The molecule has 0 spiro atoms. The van der Waals surface area contributed by atoms with Gasteiger partial charge >= 0.3 is 0 Å². The summed E-state index contributed by atoms with van der Waals surface area (Å²) in [4.78, 5) is 18.0. The van der Waals surface area contributed by atoms with Crippen LogP contribution in [0, 0.1) is 5.41 Å². The second kappa shape index (κ2) is 5.40. The van der Waals surface area contributed by atoms with Crippen LogP contribution in [0.15, 0.2) is 43.4 Å². The van der Waals surface area contributed by atoms with E-state index in [1.165, 1.54) is 6.08 Å². The van der Waals surface area contributed by atoms with Crippen molar-refractivity contribution >= 4 is 5.91 Å². The van der Waals surface area contributed by atoms with E-state index < -0.39 is 0 Å². The Hall–Kier alpha value is -2.43. The lowest BCUT2D eigenvalue weighted by atomic mass is 9.87. The molecule has 0 atom stereocenters. The molecule has 114 valence electrons. The standard InChI is InChI=1S/C17H20N4O/c1-4-16(22)20-11-13-10-19-21(14-5-7-18-8-6-14)15(13)9-17(2,3)12-20/h4-8,10H,1,9,11-12H2,2-3H3. The molecule has 1 amide bonds. The normalized spacial score (nSPS) is 16.7. The van der Waals surface area contributed by atoms with Crippen molar-refractivity contribution in [2.24, 2.45) is 5.41 Å². The number of nitrogens with zero attached hydrogens (tertiary/aromatic N) is 4. The molecule has 3 rings (SSSR count). The first-order valence-corrected chi connectivity index (χ1v) is 7.38. The molecule has 0 saturated carbocycles. The van der Waals surface area contributed by atoms with E-state index in [4.69, 9.17) is 0 Å². The van der Waals surface area contributed by atoms with Crippen molar-refractivity contribution in [3.05, 3.63) is 54.6 Å². The molecular weight excluding hydrogens is 276 g/mol. The lowest BCUT2D eigenvalue weighted by Gasteiger charge is -2.29. The minimum absolute atomic E-state index is 0.0191. The van der Waals surface area contributed by atoms with Crippen LogP contribution in [0.4, 0.5) is 0 Å². The van der Waals surface area contributed by atoms with Crippen LogP contribution in [0.5, 0.6) is 0 Å². The van der Waals surface area contributed by atoms with Crippen molar-refractivity contribution in [1.29, 1.82) is 0 Å². The summed E-state index contributed by atoms with van der Waals surface area (Å²) in [6, 6.07) is 3.88. The van der Waals surface area contributed by atoms with E-state index in [0.29, 0.717) is 13.1 Å². The van der Waals surface area contributed by atoms with E-state index in [1.54, 1.807) is 12.4 Å². The molecule has 1 aliphatic heterocycles. The molecule has 0 radical (unpaired) electrons. The highest BCUT2D eigenvalue weighted by Gasteiger charge is 2.31. The predicted octanol–water partition coefficient (Wildman–Crippen LogP) is 2.36. The summed E-state index contributed by atoms with van der Waals surface area (Å²) in [6.45, 7) is 9.25. The molecule has 3 heterocycles. The molecule has 2 aromatic heterocycles. The number of carbonyl (C=O) groups is 1. The summed E-state index contributed by atoms with van der Waals surface area (Å²) in [5.74, 6) is -0.0300. The summed E-state index contributed by atoms with van der Waals surface area (Å²) in [5.41, 5.74) is 3.23. The van der Waals surface area contributed by atoms with Gasteiger partial charge in [0.05, 0.1) is 11.9 Å². The first-order chi connectivity index (χ1) is 10.5. The van der Waals surface area contributed by atoms with Crippen molar-refractivity contribution in [2.45, 2.75) is 26.8 Å². The van der Waals surface area contributed by atoms with Crippen LogP contribution in [-0.4, -0.2) is 32.1 Å². The molecule has 5 nitrogen and oxygen atoms in total. The largest absolute Gasteiger partial charge is 0.334 e. The first-order valence-electron chi connectivity index (χ1n) is 7.38. The van der Waals surface area contributed by atoms with E-state index in [-0.39, 0.29) is 11.3 Å². The molecular formula is C17H20N4O. The number of fused-ring (bicyclic) bond motifs is 1. The summed E-state index contributed by atoms with van der Waals surface area (Å²) >= 11 is 0. The lowest BCUT2D eigenvalue weighted by Crippen LogP contribution is -2.36. The average molecular weight is 296 g/mol. The van der Waals surface area contributed by atoms with Crippen LogP contribution < -0.4 is 0 Å². The van der Waals surface area contributed by atoms with Gasteiger partial charge in [0.15, 0.2) is 0 Å². The molecule has 0 N–H and O–H groups in total. The lowest BCUT2D eigenvalue weighted by molar-refractivity contribution is -0.127. The third-order valence-electron chi connectivity index (χ3n) is 3.98. The monoisotopic (exact) mass is 296 g/mol. The maximum absolute atomic E-state index is 12.1. The predicted molar refractivity (Wildman–Crippen MR) is 84.5 cm³/mol. The van der Waals surface area contributed by atoms with Crippen LogP contribution in [0.1, 0.15) is 25.1 Å². The summed E-state index contributed by atoms with van der Waals surface area (Å²) in [5, 5.41) is 4.52. The van der Waals surface area contributed by atoms with Gasteiger partial charge in [0.2, 0.25) is 5.91 Å². The second-order valence-electron chi connectivity index (χ2n) is 6.47. The van der Waals surface area contributed by atoms with E-state index in [9.17, 15) is 4.79 Å². The third-order valence-corrected chi connectivity index (χ3v) is 3.98. The van der Waals surface area contributed by atoms with Crippen LogP contribution >= 0.6 is 0 Å². The van der Waals surface area contributed by atoms with Crippen LogP contribution in [0.2, 0.25) is 0 Å². The Morgan fingerprint density at radius 2 is 2.09 bits per heavy atom. The number of rotatable bonds is 2. The van der Waals surface area contributed by atoms with Crippen molar-refractivity contribution in [3.63, 3.8) is 0 Å². The highest BCUT2D eigenvalue weighted by molar-refractivity contribution is 5.87. The number of hydrogen-bond donors (Lipinski definition) is 0. The van der Waals surface area contributed by atoms with Gasteiger partial charge in [-0.05, 0) is 30.0 Å². The van der Waals surface area contributed by atoms with Gasteiger partial charge in [-0.25, -0.2) is 4.68 Å². The number of amides is 1. The van der Waals surface area contributed by atoms with Gasteiger partial charge < -0.3 is 4.90 Å². The van der Waals surface area contributed by atoms with Crippen molar-refractivity contribution < 1.29 is 4.79 Å². The maximum atomic E-state index is 12.1. The fourth-order valence-corrected chi connectivity index (χ4v) is 3.01. The zero-order chi connectivity index (χ0) is 15.7. The minimum atomic E-state index is -0.0300. The van der Waals surface area contributed by atoms with E-state index in [1.807, 2.05) is 27.9 Å². The molecule has 1 aliphatic rings. The number of carbonyl (C=O) groups excluding carboxylic acids is 1. The van der Waals surface area contributed by atoms with Crippen molar-refractivity contribution in [2.75, 3.05) is 6.54 Å². The smallest absolute Gasteiger partial charge is 0.246 e. The first kappa shape index (κ1) is 14.5. The molecule has 5 heteroatoms. The Bertz CT molecular complexity index is 703. The molecule has 0 saturated heterocycles. The maximum Gasteiger partial charge on any atom is 0.246 e. The summed E-state index contributed by atoms with van der Waals surface area (Å²) < 4.78 is 1.96. The number of aromatic nitrogens is 3.